The Labute approximate surface area is 342 Å². The lowest BCUT2D eigenvalue weighted by Gasteiger charge is -2.46. The zero-order chi connectivity index (χ0) is 39.4. The number of allylic oxidation sites excluding steroid dienone is 5. The van der Waals surface area contributed by atoms with Gasteiger partial charge in [-0.2, -0.15) is 0 Å². The molecule has 1 spiro atoms. The van der Waals surface area contributed by atoms with Crippen LogP contribution in [-0.4, -0.2) is 0 Å². The van der Waals surface area contributed by atoms with Crippen LogP contribution in [0.4, 0.5) is 17.1 Å². The lowest BCUT2D eigenvalue weighted by Crippen LogP contribution is -2.40. The van der Waals surface area contributed by atoms with Crippen molar-refractivity contribution in [2.75, 3.05) is 4.90 Å². The molecule has 278 valence electrons. The molecule has 0 saturated heterocycles. The van der Waals surface area contributed by atoms with Gasteiger partial charge in [-0.25, -0.2) is 0 Å². The molecule has 0 heterocycles. The van der Waals surface area contributed by atoms with E-state index < -0.39 is 5.41 Å². The topological polar surface area (TPSA) is 3.24 Å². The molecule has 2 aliphatic carbocycles. The van der Waals surface area contributed by atoms with Crippen molar-refractivity contribution in [3.63, 3.8) is 0 Å². The first-order chi connectivity index (χ1) is 28.4. The van der Waals surface area contributed by atoms with E-state index in [-0.39, 0.29) is 5.41 Å². The molecule has 0 radical (unpaired) electrons. The molecule has 10 rings (SSSR count). The highest BCUT2D eigenvalue weighted by atomic mass is 15.1. The molecule has 58 heavy (non-hydrogen) atoms. The Morgan fingerprint density at radius 2 is 1.03 bits per heavy atom. The largest absolute Gasteiger partial charge is 0.310 e. The van der Waals surface area contributed by atoms with E-state index in [1.165, 1.54) is 77.6 Å². The van der Waals surface area contributed by atoms with E-state index in [1.54, 1.807) is 0 Å². The third-order valence-electron chi connectivity index (χ3n) is 12.8. The standard InChI is InChI=1S/C57H45N/c1-5-6-26-50-39(2)57(54-29-18-17-28-53(54)56(50,3)4)51-27-16-15-24-47(51)49-38-42(32-36-52(49)57)45-35-37-55(48-25-14-13-23-46(45)48)58(43-21-11-8-12-22-43)44-33-30-41(31-34-44)40-19-9-7-10-20-40/h5-38H,1H2,2-4H3/b26-6-. The van der Waals surface area contributed by atoms with Gasteiger partial charge in [-0.3, -0.25) is 0 Å². The van der Waals surface area contributed by atoms with Crippen LogP contribution in [0.2, 0.25) is 0 Å². The summed E-state index contributed by atoms with van der Waals surface area (Å²) < 4.78 is 0. The summed E-state index contributed by atoms with van der Waals surface area (Å²) in [6.07, 6.45) is 6.28. The van der Waals surface area contributed by atoms with Crippen LogP contribution >= 0.6 is 0 Å². The summed E-state index contributed by atoms with van der Waals surface area (Å²) in [4.78, 5) is 2.39. The molecule has 8 aromatic rings. The summed E-state index contributed by atoms with van der Waals surface area (Å²) in [6, 6.07) is 69.2. The number of fused-ring (bicyclic) bond motifs is 8. The number of rotatable bonds is 7. The highest BCUT2D eigenvalue weighted by Gasteiger charge is 2.52. The number of nitrogens with zero attached hydrogens (tertiary/aromatic N) is 1. The molecule has 0 amide bonds. The van der Waals surface area contributed by atoms with Gasteiger partial charge in [0.15, 0.2) is 0 Å². The minimum atomic E-state index is -0.407. The summed E-state index contributed by atoms with van der Waals surface area (Å²) in [5, 5.41) is 2.43. The molecular formula is C57H45N. The van der Waals surface area contributed by atoms with Crippen molar-refractivity contribution in [1.29, 1.82) is 0 Å². The maximum Gasteiger partial charge on any atom is 0.0679 e. The molecule has 1 nitrogen and oxygen atoms in total. The first-order valence-electron chi connectivity index (χ1n) is 20.3. The second-order valence-electron chi connectivity index (χ2n) is 16.1. The summed E-state index contributed by atoms with van der Waals surface area (Å²) in [5.74, 6) is 0. The van der Waals surface area contributed by atoms with Crippen molar-refractivity contribution >= 4 is 27.8 Å². The summed E-state index contributed by atoms with van der Waals surface area (Å²) in [5.41, 5.74) is 18.4. The third-order valence-corrected chi connectivity index (χ3v) is 12.8. The second kappa shape index (κ2) is 13.9. The Morgan fingerprint density at radius 1 is 0.466 bits per heavy atom. The SMILES string of the molecule is C=C/C=C\C1=C(C)C2(c3ccccc3-c3cc(-c4ccc(N(c5ccccc5)c5ccc(-c6ccccc6)cc5)c5ccccc45)ccc32)c2ccccc2C1(C)C. The van der Waals surface area contributed by atoms with Crippen molar-refractivity contribution in [2.45, 2.75) is 31.6 Å². The predicted octanol–water partition coefficient (Wildman–Crippen LogP) is 15.3. The number of benzene rings is 8. The summed E-state index contributed by atoms with van der Waals surface area (Å²) >= 11 is 0. The average molecular weight is 744 g/mol. The monoisotopic (exact) mass is 743 g/mol. The minimum Gasteiger partial charge on any atom is -0.310 e. The molecule has 0 N–H and O–H groups in total. The lowest BCUT2D eigenvalue weighted by atomic mass is 9.56. The van der Waals surface area contributed by atoms with E-state index in [2.05, 4.69) is 232 Å². The number of hydrogen-bond donors (Lipinski definition) is 0. The minimum absolute atomic E-state index is 0.165. The van der Waals surface area contributed by atoms with Crippen LogP contribution in [0, 0.1) is 0 Å². The van der Waals surface area contributed by atoms with Crippen LogP contribution in [0.25, 0.3) is 44.2 Å². The molecule has 0 bridgehead atoms. The molecule has 0 aliphatic heterocycles. The predicted molar refractivity (Wildman–Crippen MR) is 246 cm³/mol. The van der Waals surface area contributed by atoms with E-state index in [4.69, 9.17) is 0 Å². The smallest absolute Gasteiger partial charge is 0.0679 e. The number of anilines is 3. The summed E-state index contributed by atoms with van der Waals surface area (Å²) in [6.45, 7) is 11.1. The molecule has 0 fully saturated rings. The zero-order valence-electron chi connectivity index (χ0n) is 33.3. The zero-order valence-corrected chi connectivity index (χ0v) is 33.3. The van der Waals surface area contributed by atoms with Crippen molar-refractivity contribution in [2.24, 2.45) is 0 Å². The van der Waals surface area contributed by atoms with Crippen LogP contribution in [0.3, 0.4) is 0 Å². The fraction of sp³-hybridized carbons (Fsp3) is 0.0877. The van der Waals surface area contributed by atoms with Gasteiger partial charge < -0.3 is 4.90 Å². The molecule has 0 aromatic heterocycles. The number of para-hydroxylation sites is 1. The first kappa shape index (κ1) is 35.5. The molecule has 1 unspecified atom stereocenters. The van der Waals surface area contributed by atoms with E-state index >= 15 is 0 Å². The molecular weight excluding hydrogens is 699 g/mol. The van der Waals surface area contributed by atoms with Gasteiger partial charge in [-0.1, -0.05) is 190 Å². The van der Waals surface area contributed by atoms with Crippen molar-refractivity contribution in [3.8, 4) is 33.4 Å². The van der Waals surface area contributed by atoms with Gasteiger partial charge in [0, 0.05) is 22.2 Å². The Kier molecular flexibility index (Phi) is 8.50. The molecule has 8 aromatic carbocycles. The van der Waals surface area contributed by atoms with Gasteiger partial charge in [-0.05, 0) is 115 Å². The Hall–Kier alpha value is -6.96. The fourth-order valence-electron chi connectivity index (χ4n) is 10.2. The van der Waals surface area contributed by atoms with Gasteiger partial charge in [0.2, 0.25) is 0 Å². The van der Waals surface area contributed by atoms with Crippen molar-refractivity contribution < 1.29 is 0 Å². The van der Waals surface area contributed by atoms with E-state index in [9.17, 15) is 0 Å². The highest BCUT2D eigenvalue weighted by Crippen LogP contribution is 2.62. The van der Waals surface area contributed by atoms with Crippen LogP contribution in [0.15, 0.2) is 224 Å². The van der Waals surface area contributed by atoms with Gasteiger partial charge >= 0.3 is 0 Å². The molecule has 1 heteroatoms. The Bertz CT molecular complexity index is 2930. The average Bonchev–Trinajstić information content (AvgIpc) is 3.57. The van der Waals surface area contributed by atoms with E-state index in [1.807, 2.05) is 6.08 Å². The maximum atomic E-state index is 4.03. The third kappa shape index (κ3) is 5.31. The number of hydrogen-bond acceptors (Lipinski definition) is 1. The van der Waals surface area contributed by atoms with Crippen LogP contribution in [0.1, 0.15) is 43.0 Å². The Morgan fingerprint density at radius 3 is 1.78 bits per heavy atom. The van der Waals surface area contributed by atoms with E-state index in [0.29, 0.717) is 0 Å². The Balaban J connectivity index is 1.15. The highest BCUT2D eigenvalue weighted by molar-refractivity contribution is 6.07. The molecule has 1 atom stereocenters. The van der Waals surface area contributed by atoms with Crippen molar-refractivity contribution in [3.05, 3.63) is 246 Å². The van der Waals surface area contributed by atoms with E-state index in [0.717, 1.165) is 17.1 Å². The maximum absolute atomic E-state index is 4.03. The second-order valence-corrected chi connectivity index (χ2v) is 16.1. The quantitative estimate of drug-likeness (QED) is 0.147. The normalized spacial score (nSPS) is 16.3. The van der Waals surface area contributed by atoms with Gasteiger partial charge in [0.1, 0.15) is 0 Å². The first-order valence-corrected chi connectivity index (χ1v) is 20.3. The molecule has 2 aliphatic rings. The van der Waals surface area contributed by atoms with Gasteiger partial charge in [0.25, 0.3) is 0 Å². The lowest BCUT2D eigenvalue weighted by molar-refractivity contribution is 0.558. The van der Waals surface area contributed by atoms with Crippen LogP contribution in [-0.2, 0) is 10.8 Å². The van der Waals surface area contributed by atoms with Gasteiger partial charge in [0.05, 0.1) is 11.1 Å². The van der Waals surface area contributed by atoms with Crippen LogP contribution < -0.4 is 4.90 Å². The van der Waals surface area contributed by atoms with Gasteiger partial charge in [-0.15, -0.1) is 0 Å². The molecule has 0 saturated carbocycles. The van der Waals surface area contributed by atoms with Crippen LogP contribution in [0.5, 0.6) is 0 Å². The fourth-order valence-corrected chi connectivity index (χ4v) is 10.2. The van der Waals surface area contributed by atoms with Crippen molar-refractivity contribution in [1.82, 2.24) is 0 Å². The summed E-state index contributed by atoms with van der Waals surface area (Å²) in [7, 11) is 0.